The molecule has 0 radical (unpaired) electrons. The summed E-state index contributed by atoms with van der Waals surface area (Å²) in [5.41, 5.74) is 0. The van der Waals surface area contributed by atoms with Crippen LogP contribution in [-0.2, 0) is 14.3 Å². The van der Waals surface area contributed by atoms with Gasteiger partial charge in [-0.3, -0.25) is 9.59 Å². The number of Topliss-reactive ketones (excluding diaryl/α,β-unsaturated/α-hetero) is 2. The zero-order valence-corrected chi connectivity index (χ0v) is 9.46. The second-order valence-corrected chi connectivity index (χ2v) is 4.11. The molecule has 0 amide bonds. The lowest BCUT2D eigenvalue weighted by atomic mass is 9.98. The molecular weight excluding hydrogens is 192 g/mol. The molecule has 0 atom stereocenters. The first-order valence-electron chi connectivity index (χ1n) is 5.86. The fourth-order valence-corrected chi connectivity index (χ4v) is 2.01. The fourth-order valence-electron chi connectivity index (χ4n) is 2.01. The van der Waals surface area contributed by atoms with E-state index in [1.54, 1.807) is 0 Å². The lowest BCUT2D eigenvalue weighted by Gasteiger charge is -2.06. The van der Waals surface area contributed by atoms with Crippen molar-refractivity contribution in [1.82, 2.24) is 0 Å². The Labute approximate surface area is 91.2 Å². The summed E-state index contributed by atoms with van der Waals surface area (Å²) in [6.07, 6.45) is 4.76. The highest BCUT2D eigenvalue weighted by Crippen LogP contribution is 2.26. The van der Waals surface area contributed by atoms with Crippen LogP contribution in [0.5, 0.6) is 0 Å². The quantitative estimate of drug-likeness (QED) is 0.479. The normalized spacial score (nSPS) is 16.9. The van der Waals surface area contributed by atoms with Gasteiger partial charge in [0.05, 0.1) is 13.0 Å². The zero-order chi connectivity index (χ0) is 11.1. The minimum absolute atomic E-state index is 0.0281. The van der Waals surface area contributed by atoms with E-state index in [1.165, 1.54) is 0 Å². The van der Waals surface area contributed by atoms with Gasteiger partial charge in [0.1, 0.15) is 11.6 Å². The number of hydrogen-bond donors (Lipinski definition) is 0. The van der Waals surface area contributed by atoms with Crippen molar-refractivity contribution < 1.29 is 14.3 Å². The van der Waals surface area contributed by atoms with Crippen molar-refractivity contribution in [2.75, 3.05) is 13.2 Å². The van der Waals surface area contributed by atoms with Crippen LogP contribution in [0.1, 0.15) is 45.4 Å². The van der Waals surface area contributed by atoms with Gasteiger partial charge in [-0.2, -0.15) is 0 Å². The molecule has 0 unspecified atom stereocenters. The van der Waals surface area contributed by atoms with E-state index in [1.807, 2.05) is 6.92 Å². The summed E-state index contributed by atoms with van der Waals surface area (Å²) in [6, 6.07) is 0. The highest BCUT2D eigenvalue weighted by atomic mass is 16.5. The van der Waals surface area contributed by atoms with Gasteiger partial charge < -0.3 is 4.74 Å². The van der Waals surface area contributed by atoms with E-state index in [2.05, 4.69) is 0 Å². The first kappa shape index (κ1) is 12.4. The summed E-state index contributed by atoms with van der Waals surface area (Å²) in [7, 11) is 0. The van der Waals surface area contributed by atoms with Crippen molar-refractivity contribution >= 4 is 11.6 Å². The van der Waals surface area contributed by atoms with Crippen molar-refractivity contribution in [1.29, 1.82) is 0 Å². The minimum Gasteiger partial charge on any atom is -0.381 e. The molecule has 0 heterocycles. The number of carbonyl (C=O) groups excluding carboxylic acids is 2. The lowest BCUT2D eigenvalue weighted by Crippen LogP contribution is -2.16. The third-order valence-corrected chi connectivity index (χ3v) is 2.91. The maximum absolute atomic E-state index is 11.6. The van der Waals surface area contributed by atoms with Gasteiger partial charge in [-0.15, -0.1) is 0 Å². The average molecular weight is 212 g/mol. The van der Waals surface area contributed by atoms with Crippen molar-refractivity contribution in [3.8, 4) is 0 Å². The van der Waals surface area contributed by atoms with Gasteiger partial charge in [0.15, 0.2) is 0 Å². The maximum Gasteiger partial charge on any atom is 0.143 e. The Balaban J connectivity index is 2.16. The van der Waals surface area contributed by atoms with Crippen molar-refractivity contribution in [3.05, 3.63) is 0 Å². The number of hydrogen-bond acceptors (Lipinski definition) is 3. The summed E-state index contributed by atoms with van der Waals surface area (Å²) in [5.74, 6) is 0.343. The molecule has 3 nitrogen and oxygen atoms in total. The van der Waals surface area contributed by atoms with Crippen LogP contribution in [-0.4, -0.2) is 24.8 Å². The second kappa shape index (κ2) is 6.72. The molecule has 0 saturated heterocycles. The Bertz CT molecular complexity index is 217. The number of rotatable bonds is 7. The Morgan fingerprint density at radius 1 is 1.27 bits per heavy atom. The van der Waals surface area contributed by atoms with E-state index in [0.29, 0.717) is 19.6 Å². The minimum atomic E-state index is 0.0281. The van der Waals surface area contributed by atoms with Crippen LogP contribution in [0.25, 0.3) is 0 Å². The van der Waals surface area contributed by atoms with Crippen LogP contribution in [0, 0.1) is 5.92 Å². The number of ether oxygens (including phenoxy) is 1. The Hall–Kier alpha value is -0.700. The molecule has 1 aliphatic carbocycles. The van der Waals surface area contributed by atoms with Crippen LogP contribution in [0.4, 0.5) is 0 Å². The van der Waals surface area contributed by atoms with Crippen LogP contribution >= 0.6 is 0 Å². The monoisotopic (exact) mass is 212 g/mol. The van der Waals surface area contributed by atoms with Gasteiger partial charge in [-0.25, -0.2) is 0 Å². The molecule has 0 aliphatic heterocycles. The molecule has 15 heavy (non-hydrogen) atoms. The van der Waals surface area contributed by atoms with Crippen molar-refractivity contribution in [2.24, 2.45) is 5.92 Å². The highest BCUT2D eigenvalue weighted by Gasteiger charge is 2.23. The molecule has 1 aliphatic rings. The molecule has 3 heteroatoms. The third-order valence-electron chi connectivity index (χ3n) is 2.91. The highest BCUT2D eigenvalue weighted by molar-refractivity contribution is 6.00. The van der Waals surface area contributed by atoms with Gasteiger partial charge in [-0.05, 0) is 19.8 Å². The van der Waals surface area contributed by atoms with E-state index in [9.17, 15) is 9.59 Å². The van der Waals surface area contributed by atoms with E-state index < -0.39 is 0 Å². The van der Waals surface area contributed by atoms with Gasteiger partial charge in [0.25, 0.3) is 0 Å². The van der Waals surface area contributed by atoms with Crippen molar-refractivity contribution in [2.45, 2.75) is 45.4 Å². The molecule has 0 bridgehead atoms. The first-order chi connectivity index (χ1) is 7.24. The molecule has 0 aromatic heterocycles. The van der Waals surface area contributed by atoms with Crippen molar-refractivity contribution in [3.63, 3.8) is 0 Å². The van der Waals surface area contributed by atoms with Crippen LogP contribution in [0.15, 0.2) is 0 Å². The number of carbonyl (C=O) groups is 2. The van der Waals surface area contributed by atoms with E-state index in [4.69, 9.17) is 4.74 Å². The summed E-state index contributed by atoms with van der Waals surface area (Å²) < 4.78 is 5.08. The molecule has 0 aromatic rings. The first-order valence-corrected chi connectivity index (χ1v) is 5.86. The molecule has 1 saturated carbocycles. The molecule has 1 rings (SSSR count). The molecule has 0 aromatic carbocycles. The maximum atomic E-state index is 11.6. The summed E-state index contributed by atoms with van der Waals surface area (Å²) >= 11 is 0. The van der Waals surface area contributed by atoms with E-state index in [-0.39, 0.29) is 23.9 Å². The largest absolute Gasteiger partial charge is 0.381 e. The van der Waals surface area contributed by atoms with Gasteiger partial charge in [0.2, 0.25) is 0 Å². The van der Waals surface area contributed by atoms with Crippen LogP contribution in [0.2, 0.25) is 0 Å². The fraction of sp³-hybridized carbons (Fsp3) is 0.833. The lowest BCUT2D eigenvalue weighted by molar-refractivity contribution is -0.129. The van der Waals surface area contributed by atoms with E-state index >= 15 is 0 Å². The van der Waals surface area contributed by atoms with Gasteiger partial charge >= 0.3 is 0 Å². The molecular formula is C12H20O3. The van der Waals surface area contributed by atoms with Crippen LogP contribution in [0.3, 0.4) is 0 Å². The summed E-state index contributed by atoms with van der Waals surface area (Å²) in [4.78, 5) is 23.0. The Morgan fingerprint density at radius 3 is 2.53 bits per heavy atom. The summed E-state index contributed by atoms with van der Waals surface area (Å²) in [6.45, 7) is 2.98. The third kappa shape index (κ3) is 4.56. The summed E-state index contributed by atoms with van der Waals surface area (Å²) in [5, 5.41) is 0. The predicted molar refractivity (Wildman–Crippen MR) is 57.7 cm³/mol. The standard InChI is InChI=1S/C12H20O3/c1-2-15-8-7-11(13)9-12(14)10-5-3-4-6-10/h10H,2-9H2,1H3. The predicted octanol–water partition coefficient (Wildman–Crippen LogP) is 2.13. The molecule has 0 N–H and O–H groups in total. The Morgan fingerprint density at radius 2 is 1.93 bits per heavy atom. The van der Waals surface area contributed by atoms with Crippen LogP contribution < -0.4 is 0 Å². The average Bonchev–Trinajstić information content (AvgIpc) is 2.70. The molecule has 0 spiro atoms. The second-order valence-electron chi connectivity index (χ2n) is 4.11. The van der Waals surface area contributed by atoms with Gasteiger partial charge in [-0.1, -0.05) is 12.8 Å². The molecule has 86 valence electrons. The zero-order valence-electron chi connectivity index (χ0n) is 9.46. The number of ketones is 2. The SMILES string of the molecule is CCOCCC(=O)CC(=O)C1CCCC1. The molecule has 1 fully saturated rings. The topological polar surface area (TPSA) is 43.4 Å². The smallest absolute Gasteiger partial charge is 0.143 e. The van der Waals surface area contributed by atoms with E-state index in [0.717, 1.165) is 25.7 Å². The van der Waals surface area contributed by atoms with Gasteiger partial charge in [0, 0.05) is 18.9 Å². The Kier molecular flexibility index (Phi) is 5.54.